The first kappa shape index (κ1) is 23.2. The van der Waals surface area contributed by atoms with Gasteiger partial charge >= 0.3 is 12.4 Å². The van der Waals surface area contributed by atoms with E-state index in [2.05, 4.69) is 20.7 Å². The van der Waals surface area contributed by atoms with Crippen LogP contribution in [0, 0.1) is 0 Å². The van der Waals surface area contributed by atoms with Crippen LogP contribution in [-0.4, -0.2) is 50.4 Å². The second kappa shape index (κ2) is 10.5. The van der Waals surface area contributed by atoms with Gasteiger partial charge in [-0.1, -0.05) is 6.92 Å². The Hall–Kier alpha value is -2.82. The number of likely N-dealkylation sites (N-methyl/N-ethyl adjacent to an activating group) is 1. The molecule has 0 fully saturated rings. The lowest BCUT2D eigenvalue weighted by Crippen LogP contribution is -3.11. The number of alkyl halides is 3. The molecule has 4 N–H and O–H groups in total. The molecule has 11 heteroatoms. The fourth-order valence-electron chi connectivity index (χ4n) is 2.09. The number of carbonyl (C=O) groups is 3. The summed E-state index contributed by atoms with van der Waals surface area (Å²) in [6.45, 7) is 3.49. The van der Waals surface area contributed by atoms with E-state index < -0.39 is 30.0 Å². The Morgan fingerprint density at radius 3 is 2.21 bits per heavy atom. The minimum absolute atomic E-state index is 0.0726. The van der Waals surface area contributed by atoms with Crippen molar-refractivity contribution in [2.24, 2.45) is 0 Å². The average Bonchev–Trinajstić information content (AvgIpc) is 2.54. The number of benzene rings is 1. The maximum absolute atomic E-state index is 12.1. The number of nitrogens with one attached hydrogen (secondary N) is 4. The van der Waals surface area contributed by atoms with E-state index >= 15 is 0 Å². The zero-order valence-electron chi connectivity index (χ0n) is 15.8. The summed E-state index contributed by atoms with van der Waals surface area (Å²) in [6, 6.07) is 4.00. The largest absolute Gasteiger partial charge is 0.573 e. The van der Waals surface area contributed by atoms with Gasteiger partial charge < -0.3 is 20.3 Å². The van der Waals surface area contributed by atoms with Crippen molar-refractivity contribution < 1.29 is 37.2 Å². The van der Waals surface area contributed by atoms with E-state index in [4.69, 9.17) is 0 Å². The van der Waals surface area contributed by atoms with Gasteiger partial charge in [0.15, 0.2) is 13.1 Å². The number of quaternary nitrogens is 1. The van der Waals surface area contributed by atoms with Gasteiger partial charge in [-0.25, -0.2) is 4.79 Å². The fraction of sp³-hybridized carbons (Fsp3) is 0.471. The fourth-order valence-corrected chi connectivity index (χ4v) is 2.09. The van der Waals surface area contributed by atoms with Crippen molar-refractivity contribution in [3.05, 3.63) is 24.3 Å². The minimum Gasteiger partial charge on any atom is -0.406 e. The average molecular weight is 405 g/mol. The van der Waals surface area contributed by atoms with Crippen LogP contribution in [0.1, 0.15) is 20.3 Å². The van der Waals surface area contributed by atoms with Gasteiger partial charge in [0.25, 0.3) is 11.8 Å². The number of hydrogen-bond acceptors (Lipinski definition) is 4. The third-order valence-corrected chi connectivity index (χ3v) is 3.54. The third kappa shape index (κ3) is 9.76. The standard InChI is InChI=1S/C17H23F3N4O4/c1-4-11(2)21-16(27)23-15(26)10-24(3)9-14(25)22-12-5-7-13(8-6-12)28-17(18,19)20/h5-8,11H,4,9-10H2,1-3H3,(H,22,25)(H2,21,23,26,27)/p+1/t11-/m0/s1. The molecule has 2 atom stereocenters. The first-order chi connectivity index (χ1) is 13.0. The number of urea groups is 1. The Labute approximate surface area is 160 Å². The number of rotatable bonds is 8. The predicted octanol–water partition coefficient (Wildman–Crippen LogP) is 0.663. The zero-order chi connectivity index (χ0) is 21.3. The number of ether oxygens (including phenoxy) is 1. The molecule has 0 saturated heterocycles. The zero-order valence-corrected chi connectivity index (χ0v) is 15.8. The molecule has 1 unspecified atom stereocenters. The van der Waals surface area contributed by atoms with E-state index in [-0.39, 0.29) is 24.8 Å². The maximum atomic E-state index is 12.1. The number of hydrogen-bond donors (Lipinski definition) is 4. The van der Waals surface area contributed by atoms with Gasteiger partial charge in [-0.2, -0.15) is 0 Å². The van der Waals surface area contributed by atoms with Gasteiger partial charge in [0.1, 0.15) is 5.75 Å². The first-order valence-corrected chi connectivity index (χ1v) is 8.55. The van der Waals surface area contributed by atoms with Gasteiger partial charge in [0.05, 0.1) is 7.05 Å². The number of amides is 4. The molecule has 0 aliphatic carbocycles. The monoisotopic (exact) mass is 405 g/mol. The van der Waals surface area contributed by atoms with Crippen molar-refractivity contribution in [1.82, 2.24) is 10.6 Å². The Morgan fingerprint density at radius 2 is 1.68 bits per heavy atom. The number of anilines is 1. The molecule has 28 heavy (non-hydrogen) atoms. The molecule has 0 bridgehead atoms. The normalized spacial score (nSPS) is 13.2. The SMILES string of the molecule is CC[C@H](C)NC(=O)NC(=O)C[NH+](C)CC(=O)Nc1ccc(OC(F)(F)F)cc1. The Kier molecular flexibility index (Phi) is 8.71. The van der Waals surface area contributed by atoms with Crippen LogP contribution in [0.15, 0.2) is 24.3 Å². The van der Waals surface area contributed by atoms with E-state index in [9.17, 15) is 27.6 Å². The molecular formula is C17H24F3N4O4+. The molecule has 0 radical (unpaired) electrons. The Morgan fingerprint density at radius 1 is 1.11 bits per heavy atom. The van der Waals surface area contributed by atoms with Crippen LogP contribution in [-0.2, 0) is 9.59 Å². The molecule has 0 saturated carbocycles. The van der Waals surface area contributed by atoms with Crippen LogP contribution in [0.2, 0.25) is 0 Å². The van der Waals surface area contributed by atoms with Crippen molar-refractivity contribution >= 4 is 23.5 Å². The molecule has 156 valence electrons. The molecule has 8 nitrogen and oxygen atoms in total. The van der Waals surface area contributed by atoms with Crippen molar-refractivity contribution in [2.75, 3.05) is 25.5 Å². The second-order valence-corrected chi connectivity index (χ2v) is 6.26. The Bertz CT molecular complexity index is 680. The van der Waals surface area contributed by atoms with Crippen LogP contribution < -0.4 is 25.6 Å². The van der Waals surface area contributed by atoms with E-state index in [1.807, 2.05) is 6.92 Å². The van der Waals surface area contributed by atoms with Crippen LogP contribution in [0.3, 0.4) is 0 Å². The van der Waals surface area contributed by atoms with E-state index in [1.54, 1.807) is 14.0 Å². The van der Waals surface area contributed by atoms with Crippen LogP contribution >= 0.6 is 0 Å². The summed E-state index contributed by atoms with van der Waals surface area (Å²) < 4.78 is 40.1. The summed E-state index contributed by atoms with van der Waals surface area (Å²) in [5.41, 5.74) is 0.282. The molecule has 1 aromatic carbocycles. The first-order valence-electron chi connectivity index (χ1n) is 8.55. The molecule has 0 aromatic heterocycles. The highest BCUT2D eigenvalue weighted by Gasteiger charge is 2.31. The van der Waals surface area contributed by atoms with Gasteiger partial charge in [0, 0.05) is 11.7 Å². The van der Waals surface area contributed by atoms with Crippen LogP contribution in [0.4, 0.5) is 23.7 Å². The summed E-state index contributed by atoms with van der Waals surface area (Å²) >= 11 is 0. The smallest absolute Gasteiger partial charge is 0.406 e. The quantitative estimate of drug-likeness (QED) is 0.511. The molecule has 0 aliphatic rings. The number of halogens is 3. The van der Waals surface area contributed by atoms with Gasteiger partial charge in [-0.15, -0.1) is 13.2 Å². The molecule has 1 aromatic rings. The highest BCUT2D eigenvalue weighted by atomic mass is 19.4. The number of imide groups is 1. The summed E-state index contributed by atoms with van der Waals surface area (Å²) in [7, 11) is 1.59. The van der Waals surface area contributed by atoms with Gasteiger partial charge in [-0.3, -0.25) is 14.9 Å². The molecule has 0 spiro atoms. The van der Waals surface area contributed by atoms with Crippen LogP contribution in [0.5, 0.6) is 5.75 Å². The van der Waals surface area contributed by atoms with E-state index in [0.717, 1.165) is 18.6 Å². The molecule has 1 rings (SSSR count). The molecule has 4 amide bonds. The molecule has 0 aliphatic heterocycles. The second-order valence-electron chi connectivity index (χ2n) is 6.26. The number of carbonyl (C=O) groups excluding carboxylic acids is 3. The van der Waals surface area contributed by atoms with Crippen LogP contribution in [0.25, 0.3) is 0 Å². The topological polar surface area (TPSA) is 101 Å². The highest BCUT2D eigenvalue weighted by Crippen LogP contribution is 2.23. The molecule has 0 heterocycles. The lowest BCUT2D eigenvalue weighted by atomic mass is 10.3. The minimum atomic E-state index is -4.79. The van der Waals surface area contributed by atoms with Crippen molar-refractivity contribution in [3.63, 3.8) is 0 Å². The maximum Gasteiger partial charge on any atom is 0.573 e. The summed E-state index contributed by atoms with van der Waals surface area (Å²) in [5.74, 6) is -1.39. The summed E-state index contributed by atoms with van der Waals surface area (Å²) in [5, 5.41) is 7.27. The van der Waals surface area contributed by atoms with Crippen molar-refractivity contribution in [2.45, 2.75) is 32.7 Å². The van der Waals surface area contributed by atoms with Gasteiger partial charge in [-0.05, 0) is 37.6 Å². The lowest BCUT2D eigenvalue weighted by Gasteiger charge is -2.15. The van der Waals surface area contributed by atoms with E-state index in [1.165, 1.54) is 12.1 Å². The molecular weight excluding hydrogens is 381 g/mol. The lowest BCUT2D eigenvalue weighted by molar-refractivity contribution is -0.862. The van der Waals surface area contributed by atoms with E-state index in [0.29, 0.717) is 4.90 Å². The summed E-state index contributed by atoms with van der Waals surface area (Å²) in [6.07, 6.45) is -4.07. The van der Waals surface area contributed by atoms with Gasteiger partial charge in [0.2, 0.25) is 0 Å². The van der Waals surface area contributed by atoms with Crippen molar-refractivity contribution in [1.29, 1.82) is 0 Å². The Balaban J connectivity index is 2.41. The van der Waals surface area contributed by atoms with Crippen molar-refractivity contribution in [3.8, 4) is 5.75 Å². The third-order valence-electron chi connectivity index (χ3n) is 3.54. The highest BCUT2D eigenvalue weighted by molar-refractivity contribution is 5.95. The predicted molar refractivity (Wildman–Crippen MR) is 94.8 cm³/mol. The summed E-state index contributed by atoms with van der Waals surface area (Å²) in [4.78, 5) is 35.9.